The van der Waals surface area contributed by atoms with Crippen molar-refractivity contribution in [2.24, 2.45) is 5.92 Å². The van der Waals surface area contributed by atoms with E-state index in [1.54, 1.807) is 0 Å². The van der Waals surface area contributed by atoms with E-state index in [9.17, 15) is 4.79 Å². The number of benzene rings is 1. The van der Waals surface area contributed by atoms with Crippen LogP contribution in [-0.2, 0) is 0 Å². The first kappa shape index (κ1) is 14.7. The lowest BCUT2D eigenvalue weighted by Crippen LogP contribution is -2.28. The van der Waals surface area contributed by atoms with Crippen LogP contribution < -0.4 is 5.32 Å². The minimum absolute atomic E-state index is 0.00387. The van der Waals surface area contributed by atoms with Crippen LogP contribution in [0.25, 0.3) is 0 Å². The maximum absolute atomic E-state index is 11.9. The number of carbonyl (C=O) groups is 1. The molecule has 0 fully saturated rings. The van der Waals surface area contributed by atoms with Crippen LogP contribution in [0.2, 0.25) is 0 Å². The number of aryl methyl sites for hydroxylation is 1. The molecule has 1 atom stereocenters. The number of rotatable bonds is 5. The predicted octanol–water partition coefficient (Wildman–Crippen LogP) is 3.91. The summed E-state index contributed by atoms with van der Waals surface area (Å²) in [4.78, 5) is 11.9. The molecule has 0 aliphatic rings. The number of hydrogen-bond acceptors (Lipinski definition) is 1. The Labute approximate surface area is 119 Å². The number of halogens is 2. The Hall–Kier alpha value is -0.350. The van der Waals surface area contributed by atoms with Crippen LogP contribution in [0.3, 0.4) is 0 Å². The zero-order chi connectivity index (χ0) is 12.8. The average Bonchev–Trinajstić information content (AvgIpc) is 2.25. The van der Waals surface area contributed by atoms with Crippen LogP contribution in [-0.4, -0.2) is 17.8 Å². The fraction of sp³-hybridized carbons (Fsp3) is 0.462. The lowest BCUT2D eigenvalue weighted by molar-refractivity contribution is 0.0947. The van der Waals surface area contributed by atoms with Crippen molar-refractivity contribution in [2.45, 2.75) is 20.3 Å². The van der Waals surface area contributed by atoms with Crippen LogP contribution in [0.1, 0.15) is 29.3 Å². The van der Waals surface area contributed by atoms with E-state index in [1.807, 2.05) is 25.1 Å². The maximum Gasteiger partial charge on any atom is 0.251 e. The molecule has 0 radical (unpaired) electrons. The van der Waals surface area contributed by atoms with Gasteiger partial charge >= 0.3 is 0 Å². The fourth-order valence-corrected chi connectivity index (χ4v) is 2.91. The number of alkyl halides is 1. The second-order valence-corrected chi connectivity index (χ2v) is 6.02. The highest BCUT2D eigenvalue weighted by Crippen LogP contribution is 2.15. The average molecular weight is 363 g/mol. The van der Waals surface area contributed by atoms with E-state index in [0.717, 1.165) is 28.3 Å². The van der Waals surface area contributed by atoms with Crippen molar-refractivity contribution in [2.75, 3.05) is 11.9 Å². The van der Waals surface area contributed by atoms with E-state index in [2.05, 4.69) is 44.1 Å². The van der Waals surface area contributed by atoms with Crippen molar-refractivity contribution in [3.63, 3.8) is 0 Å². The molecular formula is C13H17Br2NO. The smallest absolute Gasteiger partial charge is 0.251 e. The van der Waals surface area contributed by atoms with E-state index >= 15 is 0 Å². The zero-order valence-electron chi connectivity index (χ0n) is 10.1. The van der Waals surface area contributed by atoms with Gasteiger partial charge in [-0.1, -0.05) is 38.8 Å². The second-order valence-electron chi connectivity index (χ2n) is 4.31. The highest BCUT2D eigenvalue weighted by Gasteiger charge is 2.08. The predicted molar refractivity (Wildman–Crippen MR) is 78.8 cm³/mol. The molecule has 0 bridgehead atoms. The molecule has 1 N–H and O–H groups in total. The third-order valence-electron chi connectivity index (χ3n) is 2.52. The van der Waals surface area contributed by atoms with E-state index in [-0.39, 0.29) is 5.91 Å². The molecule has 1 aromatic carbocycles. The summed E-state index contributed by atoms with van der Waals surface area (Å²) in [7, 11) is 0. The summed E-state index contributed by atoms with van der Waals surface area (Å²) in [6.07, 6.45) is 1.07. The van der Waals surface area contributed by atoms with Crippen molar-refractivity contribution < 1.29 is 4.79 Å². The standard InChI is InChI=1S/C13H17Br2NO/c1-9(3-4-14)8-16-13(17)11-5-10(2)6-12(15)7-11/h5-7,9H,3-4,8H2,1-2H3,(H,16,17). The molecule has 2 nitrogen and oxygen atoms in total. The Kier molecular flexibility index (Phi) is 6.20. The van der Waals surface area contributed by atoms with Crippen LogP contribution >= 0.6 is 31.9 Å². The van der Waals surface area contributed by atoms with Gasteiger partial charge in [0.2, 0.25) is 0 Å². The van der Waals surface area contributed by atoms with Crippen molar-refractivity contribution >= 4 is 37.8 Å². The van der Waals surface area contributed by atoms with Gasteiger partial charge in [0.1, 0.15) is 0 Å². The minimum Gasteiger partial charge on any atom is -0.352 e. The summed E-state index contributed by atoms with van der Waals surface area (Å²) in [6, 6.07) is 5.73. The molecule has 1 rings (SSSR count). The third kappa shape index (κ3) is 5.21. The molecule has 0 saturated heterocycles. The third-order valence-corrected chi connectivity index (χ3v) is 3.43. The fourth-order valence-electron chi connectivity index (χ4n) is 1.52. The quantitative estimate of drug-likeness (QED) is 0.790. The first-order valence-electron chi connectivity index (χ1n) is 5.64. The van der Waals surface area contributed by atoms with Crippen molar-refractivity contribution in [3.05, 3.63) is 33.8 Å². The lowest BCUT2D eigenvalue weighted by atomic mass is 10.1. The Morgan fingerprint density at radius 3 is 2.71 bits per heavy atom. The molecule has 0 aromatic heterocycles. The van der Waals surface area contributed by atoms with Crippen LogP contribution in [0.5, 0.6) is 0 Å². The summed E-state index contributed by atoms with van der Waals surface area (Å²) in [5.74, 6) is 0.488. The summed E-state index contributed by atoms with van der Waals surface area (Å²) in [5, 5.41) is 3.93. The second kappa shape index (κ2) is 7.17. The Morgan fingerprint density at radius 1 is 1.41 bits per heavy atom. The highest BCUT2D eigenvalue weighted by molar-refractivity contribution is 9.10. The molecule has 17 heavy (non-hydrogen) atoms. The molecule has 94 valence electrons. The Bertz CT molecular complexity index is 373. The Morgan fingerprint density at radius 2 is 2.12 bits per heavy atom. The summed E-state index contributed by atoms with van der Waals surface area (Å²) in [5.41, 5.74) is 1.79. The molecule has 0 aliphatic heterocycles. The van der Waals surface area contributed by atoms with Crippen LogP contribution in [0.4, 0.5) is 0 Å². The van der Waals surface area contributed by atoms with E-state index < -0.39 is 0 Å². The lowest BCUT2D eigenvalue weighted by Gasteiger charge is -2.11. The monoisotopic (exact) mass is 361 g/mol. The largest absolute Gasteiger partial charge is 0.352 e. The molecule has 0 saturated carbocycles. The van der Waals surface area contributed by atoms with Gasteiger partial charge in [-0.05, 0) is 43.0 Å². The van der Waals surface area contributed by atoms with Crippen LogP contribution in [0, 0.1) is 12.8 Å². The summed E-state index contributed by atoms with van der Waals surface area (Å²) < 4.78 is 0.941. The van der Waals surface area contributed by atoms with Crippen molar-refractivity contribution in [3.8, 4) is 0 Å². The SMILES string of the molecule is Cc1cc(Br)cc(C(=O)NCC(C)CCBr)c1. The minimum atomic E-state index is -0.00387. The summed E-state index contributed by atoms with van der Waals surface area (Å²) >= 11 is 6.80. The summed E-state index contributed by atoms with van der Waals surface area (Å²) in [6.45, 7) is 4.83. The van der Waals surface area contributed by atoms with Crippen molar-refractivity contribution in [1.29, 1.82) is 0 Å². The van der Waals surface area contributed by atoms with Gasteiger partial charge in [0, 0.05) is 21.9 Å². The molecule has 1 unspecified atom stereocenters. The van der Waals surface area contributed by atoms with Gasteiger partial charge in [0.05, 0.1) is 0 Å². The van der Waals surface area contributed by atoms with E-state index in [4.69, 9.17) is 0 Å². The molecule has 4 heteroatoms. The Balaban J connectivity index is 2.58. The molecule has 1 amide bonds. The van der Waals surface area contributed by atoms with Gasteiger partial charge in [-0.2, -0.15) is 0 Å². The molecule has 0 spiro atoms. The number of hydrogen-bond donors (Lipinski definition) is 1. The number of carbonyl (C=O) groups excluding carboxylic acids is 1. The molecular weight excluding hydrogens is 346 g/mol. The van der Waals surface area contributed by atoms with Gasteiger partial charge in [-0.25, -0.2) is 0 Å². The van der Waals surface area contributed by atoms with Gasteiger partial charge in [-0.3, -0.25) is 4.79 Å². The molecule has 0 heterocycles. The topological polar surface area (TPSA) is 29.1 Å². The van der Waals surface area contributed by atoms with Crippen molar-refractivity contribution in [1.82, 2.24) is 5.32 Å². The van der Waals surface area contributed by atoms with E-state index in [0.29, 0.717) is 11.5 Å². The maximum atomic E-state index is 11.9. The molecule has 1 aromatic rings. The molecule has 0 aliphatic carbocycles. The van der Waals surface area contributed by atoms with Gasteiger partial charge in [0.25, 0.3) is 5.91 Å². The van der Waals surface area contributed by atoms with Gasteiger partial charge in [-0.15, -0.1) is 0 Å². The number of nitrogens with one attached hydrogen (secondary N) is 1. The van der Waals surface area contributed by atoms with Gasteiger partial charge in [0.15, 0.2) is 0 Å². The first-order valence-corrected chi connectivity index (χ1v) is 7.55. The van der Waals surface area contributed by atoms with E-state index in [1.165, 1.54) is 0 Å². The van der Waals surface area contributed by atoms with Gasteiger partial charge < -0.3 is 5.32 Å². The zero-order valence-corrected chi connectivity index (χ0v) is 13.3. The van der Waals surface area contributed by atoms with Crippen LogP contribution in [0.15, 0.2) is 22.7 Å². The number of amides is 1. The normalized spacial score (nSPS) is 12.2. The first-order chi connectivity index (χ1) is 8.02. The highest BCUT2D eigenvalue weighted by atomic mass is 79.9.